The molecule has 1 N–H and O–H groups in total. The molecular weight excluding hydrogens is 368 g/mol. The highest BCUT2D eigenvalue weighted by molar-refractivity contribution is 7.09. The minimum Gasteiger partial charge on any atom is -0.396 e. The minimum atomic E-state index is 0.280. The van der Waals surface area contributed by atoms with Crippen molar-refractivity contribution in [3.8, 4) is 0 Å². The Labute approximate surface area is 172 Å². The Morgan fingerprint density at radius 1 is 1.04 bits per heavy atom. The van der Waals surface area contributed by atoms with E-state index in [-0.39, 0.29) is 6.61 Å². The van der Waals surface area contributed by atoms with E-state index in [1.807, 2.05) is 23.6 Å². The quantitative estimate of drug-likeness (QED) is 0.774. The molecule has 5 nitrogen and oxygen atoms in total. The van der Waals surface area contributed by atoms with Crippen molar-refractivity contribution in [2.45, 2.75) is 44.4 Å². The van der Waals surface area contributed by atoms with E-state index < -0.39 is 0 Å². The van der Waals surface area contributed by atoms with Crippen LogP contribution >= 0.6 is 11.3 Å². The largest absolute Gasteiger partial charge is 0.396 e. The van der Waals surface area contributed by atoms with Crippen LogP contribution in [0.25, 0.3) is 0 Å². The number of hydrogen-bond acceptors (Lipinski definition) is 6. The number of aliphatic hydroxyl groups is 1. The van der Waals surface area contributed by atoms with Crippen molar-refractivity contribution in [2.75, 3.05) is 39.3 Å². The van der Waals surface area contributed by atoms with E-state index in [1.165, 1.54) is 23.4 Å². The molecule has 4 rings (SSSR count). The third-order valence-corrected chi connectivity index (χ3v) is 7.08. The number of aliphatic hydroxyl groups excluding tert-OH is 1. The van der Waals surface area contributed by atoms with Crippen molar-refractivity contribution < 1.29 is 5.11 Å². The maximum atomic E-state index is 9.58. The van der Waals surface area contributed by atoms with E-state index in [0.29, 0.717) is 12.1 Å². The minimum absolute atomic E-state index is 0.280. The van der Waals surface area contributed by atoms with Gasteiger partial charge in [-0.15, -0.1) is 11.3 Å². The normalized spacial score (nSPS) is 23.2. The number of pyridine rings is 1. The molecule has 2 aliphatic heterocycles. The molecule has 152 valence electrons. The SMILES string of the molecule is OCCC1CN(C2CCN(Cc3ccccn3)CC2)CCN1Cc1cccs1. The fourth-order valence-corrected chi connectivity index (χ4v) is 5.38. The first-order valence-corrected chi connectivity index (χ1v) is 11.4. The van der Waals surface area contributed by atoms with Gasteiger partial charge in [-0.2, -0.15) is 0 Å². The Balaban J connectivity index is 1.28. The molecule has 0 amide bonds. The van der Waals surface area contributed by atoms with Gasteiger partial charge >= 0.3 is 0 Å². The summed E-state index contributed by atoms with van der Waals surface area (Å²) < 4.78 is 0. The van der Waals surface area contributed by atoms with Crippen molar-refractivity contribution in [1.82, 2.24) is 19.7 Å². The summed E-state index contributed by atoms with van der Waals surface area (Å²) in [7, 11) is 0. The van der Waals surface area contributed by atoms with Gasteiger partial charge in [0.1, 0.15) is 0 Å². The summed E-state index contributed by atoms with van der Waals surface area (Å²) in [6.45, 7) is 7.93. The summed E-state index contributed by atoms with van der Waals surface area (Å²) in [4.78, 5) is 13.7. The van der Waals surface area contributed by atoms with Crippen molar-refractivity contribution in [3.63, 3.8) is 0 Å². The molecule has 0 radical (unpaired) electrons. The molecule has 28 heavy (non-hydrogen) atoms. The molecule has 0 aliphatic carbocycles. The van der Waals surface area contributed by atoms with Crippen molar-refractivity contribution in [1.29, 1.82) is 0 Å². The van der Waals surface area contributed by atoms with Crippen molar-refractivity contribution in [2.24, 2.45) is 0 Å². The van der Waals surface area contributed by atoms with E-state index in [4.69, 9.17) is 0 Å². The molecule has 1 unspecified atom stereocenters. The zero-order valence-corrected chi connectivity index (χ0v) is 17.4. The van der Waals surface area contributed by atoms with Crippen LogP contribution in [0.1, 0.15) is 29.8 Å². The zero-order valence-electron chi connectivity index (χ0n) is 16.6. The maximum absolute atomic E-state index is 9.58. The van der Waals surface area contributed by atoms with Gasteiger partial charge in [0.2, 0.25) is 0 Å². The Hall–Kier alpha value is -1.31. The molecule has 2 fully saturated rings. The first kappa shape index (κ1) is 20.0. The third-order valence-electron chi connectivity index (χ3n) is 6.22. The average molecular weight is 401 g/mol. The monoisotopic (exact) mass is 400 g/mol. The maximum Gasteiger partial charge on any atom is 0.0543 e. The molecule has 2 aromatic heterocycles. The Morgan fingerprint density at radius 2 is 1.93 bits per heavy atom. The summed E-state index contributed by atoms with van der Waals surface area (Å²) >= 11 is 1.84. The average Bonchev–Trinajstić information content (AvgIpc) is 3.24. The first-order chi connectivity index (χ1) is 13.8. The number of hydrogen-bond donors (Lipinski definition) is 1. The van der Waals surface area contributed by atoms with Crippen LogP contribution in [0.2, 0.25) is 0 Å². The molecule has 1 atom stereocenters. The Kier molecular flexibility index (Phi) is 7.09. The lowest BCUT2D eigenvalue weighted by atomic mass is 9.99. The van der Waals surface area contributed by atoms with Gasteiger partial charge < -0.3 is 5.11 Å². The molecule has 2 saturated heterocycles. The second kappa shape index (κ2) is 9.94. The van der Waals surface area contributed by atoms with Crippen LogP contribution in [0.4, 0.5) is 0 Å². The van der Waals surface area contributed by atoms with Gasteiger partial charge in [0, 0.05) is 75.6 Å². The van der Waals surface area contributed by atoms with E-state index in [2.05, 4.69) is 49.3 Å². The van der Waals surface area contributed by atoms with Crippen molar-refractivity contribution in [3.05, 3.63) is 52.5 Å². The third kappa shape index (κ3) is 5.19. The number of piperidine rings is 1. The smallest absolute Gasteiger partial charge is 0.0543 e. The number of rotatable bonds is 7. The van der Waals surface area contributed by atoms with Crippen molar-refractivity contribution >= 4 is 11.3 Å². The Bertz CT molecular complexity index is 688. The second-order valence-electron chi connectivity index (χ2n) is 8.04. The van der Waals surface area contributed by atoms with Crippen LogP contribution < -0.4 is 0 Å². The number of piperazine rings is 1. The summed E-state index contributed by atoms with van der Waals surface area (Å²) in [6, 6.07) is 11.7. The standard InChI is InChI=1S/C22H32N4OS/c27-14-8-21-17-25(12-13-26(21)18-22-5-3-15-28-22)20-6-10-24(11-7-20)16-19-4-1-2-9-23-19/h1-5,9,15,20-21,27H,6-8,10-14,16-18H2. The molecule has 2 aromatic rings. The van der Waals surface area contributed by atoms with Gasteiger partial charge in [-0.25, -0.2) is 0 Å². The topological polar surface area (TPSA) is 42.8 Å². The molecule has 6 heteroatoms. The fourth-order valence-electron chi connectivity index (χ4n) is 4.65. The molecule has 2 aliphatic rings. The van der Waals surface area contributed by atoms with E-state index >= 15 is 0 Å². The number of thiophene rings is 1. The molecule has 0 saturated carbocycles. The van der Waals surface area contributed by atoms with Gasteiger partial charge in [0.15, 0.2) is 0 Å². The number of aromatic nitrogens is 1. The predicted molar refractivity (Wildman–Crippen MR) is 114 cm³/mol. The van der Waals surface area contributed by atoms with Crippen LogP contribution in [0, 0.1) is 0 Å². The predicted octanol–water partition coefficient (Wildman–Crippen LogP) is 2.68. The molecule has 0 aromatic carbocycles. The van der Waals surface area contributed by atoms with Gasteiger partial charge in [-0.05, 0) is 42.8 Å². The van der Waals surface area contributed by atoms with Gasteiger partial charge in [0.25, 0.3) is 0 Å². The van der Waals surface area contributed by atoms with Gasteiger partial charge in [0.05, 0.1) is 5.69 Å². The second-order valence-corrected chi connectivity index (χ2v) is 9.07. The Morgan fingerprint density at radius 3 is 2.64 bits per heavy atom. The first-order valence-electron chi connectivity index (χ1n) is 10.6. The highest BCUT2D eigenvalue weighted by Gasteiger charge is 2.32. The van der Waals surface area contributed by atoms with E-state index in [0.717, 1.165) is 52.2 Å². The van der Waals surface area contributed by atoms with Crippen LogP contribution in [0.3, 0.4) is 0 Å². The van der Waals surface area contributed by atoms with E-state index in [9.17, 15) is 5.11 Å². The number of nitrogens with zero attached hydrogens (tertiary/aromatic N) is 4. The molecule has 0 bridgehead atoms. The summed E-state index contributed by atoms with van der Waals surface area (Å²) in [6.07, 6.45) is 5.24. The van der Waals surface area contributed by atoms with Crippen LogP contribution in [-0.2, 0) is 13.1 Å². The zero-order chi connectivity index (χ0) is 19.2. The van der Waals surface area contributed by atoms with Crippen LogP contribution in [0.5, 0.6) is 0 Å². The lowest BCUT2D eigenvalue weighted by Gasteiger charge is -2.46. The van der Waals surface area contributed by atoms with Crippen LogP contribution in [0.15, 0.2) is 41.9 Å². The lowest BCUT2D eigenvalue weighted by Crippen LogP contribution is -2.57. The lowest BCUT2D eigenvalue weighted by molar-refractivity contribution is 0.0126. The summed E-state index contributed by atoms with van der Waals surface area (Å²) in [5.74, 6) is 0. The molecular formula is C22H32N4OS. The van der Waals surface area contributed by atoms with Crippen LogP contribution in [-0.4, -0.2) is 76.2 Å². The van der Waals surface area contributed by atoms with Gasteiger partial charge in [-0.3, -0.25) is 19.7 Å². The molecule has 0 spiro atoms. The number of likely N-dealkylation sites (tertiary alicyclic amines) is 1. The van der Waals surface area contributed by atoms with E-state index in [1.54, 1.807) is 0 Å². The summed E-state index contributed by atoms with van der Waals surface area (Å²) in [5.41, 5.74) is 1.17. The van der Waals surface area contributed by atoms with Gasteiger partial charge in [-0.1, -0.05) is 12.1 Å². The highest BCUT2D eigenvalue weighted by atomic mass is 32.1. The fraction of sp³-hybridized carbons (Fsp3) is 0.591. The highest BCUT2D eigenvalue weighted by Crippen LogP contribution is 2.24. The summed E-state index contributed by atoms with van der Waals surface area (Å²) in [5, 5.41) is 11.7. The molecule has 4 heterocycles.